The standard InChI is InChI=1S/C15H19F3N2O2/c1-13(2,19)9-22-12(21)20-14(6-7-14)10-4-3-5-11(8-10)15(16,17)18/h3-5,8H,6-7,9,19H2,1-2H3,(H,20,21). The van der Waals surface area contributed by atoms with E-state index in [4.69, 9.17) is 10.5 Å². The molecule has 7 heteroatoms. The molecule has 1 amide bonds. The topological polar surface area (TPSA) is 64.3 Å². The zero-order chi connectivity index (χ0) is 16.6. The highest BCUT2D eigenvalue weighted by Gasteiger charge is 2.47. The molecule has 4 nitrogen and oxygen atoms in total. The minimum Gasteiger partial charge on any atom is -0.448 e. The van der Waals surface area contributed by atoms with Crippen LogP contribution in [0.15, 0.2) is 24.3 Å². The molecule has 0 saturated heterocycles. The number of nitrogens with two attached hydrogens (primary N) is 1. The molecule has 1 aliphatic rings. The molecule has 3 N–H and O–H groups in total. The molecule has 1 aromatic carbocycles. The van der Waals surface area contributed by atoms with E-state index in [0.29, 0.717) is 18.4 Å². The van der Waals surface area contributed by atoms with Crippen molar-refractivity contribution in [2.75, 3.05) is 6.61 Å². The minimum absolute atomic E-state index is 0.0253. The lowest BCUT2D eigenvalue weighted by Crippen LogP contribution is -2.42. The summed E-state index contributed by atoms with van der Waals surface area (Å²) in [4.78, 5) is 11.8. The number of carbonyl (C=O) groups is 1. The van der Waals surface area contributed by atoms with Crippen LogP contribution in [0, 0.1) is 0 Å². The maximum Gasteiger partial charge on any atom is 0.416 e. The number of nitrogens with one attached hydrogen (secondary N) is 1. The lowest BCUT2D eigenvalue weighted by Gasteiger charge is -2.22. The van der Waals surface area contributed by atoms with E-state index in [0.717, 1.165) is 12.1 Å². The normalized spacial score (nSPS) is 17.0. The zero-order valence-electron chi connectivity index (χ0n) is 12.5. The Hall–Kier alpha value is -1.76. The van der Waals surface area contributed by atoms with Gasteiger partial charge in [0.2, 0.25) is 0 Å². The van der Waals surface area contributed by atoms with E-state index < -0.39 is 28.9 Å². The number of ether oxygens (including phenoxy) is 1. The third-order valence-corrected chi connectivity index (χ3v) is 3.41. The quantitative estimate of drug-likeness (QED) is 0.897. The Morgan fingerprint density at radius 1 is 1.36 bits per heavy atom. The zero-order valence-corrected chi connectivity index (χ0v) is 12.5. The number of rotatable bonds is 4. The molecule has 1 fully saturated rings. The first-order valence-corrected chi connectivity index (χ1v) is 6.93. The molecule has 1 saturated carbocycles. The highest BCUT2D eigenvalue weighted by Crippen LogP contribution is 2.46. The Morgan fingerprint density at radius 3 is 2.50 bits per heavy atom. The van der Waals surface area contributed by atoms with Crippen LogP contribution in [0.5, 0.6) is 0 Å². The summed E-state index contributed by atoms with van der Waals surface area (Å²) in [6.45, 7) is 3.44. The average Bonchev–Trinajstić information content (AvgIpc) is 3.16. The van der Waals surface area contributed by atoms with Gasteiger partial charge in [0.1, 0.15) is 6.61 Å². The van der Waals surface area contributed by atoms with Gasteiger partial charge in [0, 0.05) is 5.54 Å². The van der Waals surface area contributed by atoms with Gasteiger partial charge in [-0.1, -0.05) is 12.1 Å². The molecule has 0 atom stereocenters. The summed E-state index contributed by atoms with van der Waals surface area (Å²) in [5, 5.41) is 2.65. The van der Waals surface area contributed by atoms with Crippen LogP contribution in [0.3, 0.4) is 0 Å². The third-order valence-electron chi connectivity index (χ3n) is 3.41. The van der Waals surface area contributed by atoms with E-state index in [1.54, 1.807) is 19.9 Å². The van der Waals surface area contributed by atoms with Gasteiger partial charge >= 0.3 is 12.3 Å². The van der Waals surface area contributed by atoms with Crippen LogP contribution in [0.25, 0.3) is 0 Å². The van der Waals surface area contributed by atoms with Gasteiger partial charge in [-0.25, -0.2) is 4.79 Å². The molecule has 1 aromatic rings. The van der Waals surface area contributed by atoms with Crippen molar-refractivity contribution in [1.82, 2.24) is 5.32 Å². The molecule has 0 heterocycles. The first kappa shape index (κ1) is 16.6. The summed E-state index contributed by atoms with van der Waals surface area (Å²) in [5.74, 6) is 0. The van der Waals surface area contributed by atoms with Crippen molar-refractivity contribution < 1.29 is 22.7 Å². The average molecular weight is 316 g/mol. The molecule has 0 radical (unpaired) electrons. The fraction of sp³-hybridized carbons (Fsp3) is 0.533. The highest BCUT2D eigenvalue weighted by molar-refractivity contribution is 5.69. The van der Waals surface area contributed by atoms with Crippen molar-refractivity contribution in [2.45, 2.75) is 43.9 Å². The van der Waals surface area contributed by atoms with E-state index in [9.17, 15) is 18.0 Å². The lowest BCUT2D eigenvalue weighted by atomic mass is 10.0. The van der Waals surface area contributed by atoms with Crippen LogP contribution in [-0.4, -0.2) is 18.2 Å². The van der Waals surface area contributed by atoms with E-state index in [1.807, 2.05) is 0 Å². The summed E-state index contributed by atoms with van der Waals surface area (Å²) in [5.41, 5.74) is 3.99. The lowest BCUT2D eigenvalue weighted by molar-refractivity contribution is -0.137. The van der Waals surface area contributed by atoms with Crippen LogP contribution in [0.2, 0.25) is 0 Å². The second-order valence-corrected chi connectivity index (χ2v) is 6.35. The second-order valence-electron chi connectivity index (χ2n) is 6.35. The van der Waals surface area contributed by atoms with Gasteiger partial charge in [-0.05, 0) is 44.4 Å². The van der Waals surface area contributed by atoms with Crippen molar-refractivity contribution in [3.8, 4) is 0 Å². The molecule has 22 heavy (non-hydrogen) atoms. The number of benzene rings is 1. The largest absolute Gasteiger partial charge is 0.448 e. The first-order chi connectivity index (χ1) is 10.0. The fourth-order valence-corrected chi connectivity index (χ4v) is 2.09. The third kappa shape index (κ3) is 4.13. The minimum atomic E-state index is -4.41. The summed E-state index contributed by atoms with van der Waals surface area (Å²) in [6.07, 6.45) is -3.92. The predicted octanol–water partition coefficient (Wildman–Crippen LogP) is 3.16. The Bertz CT molecular complexity index is 561. The fourth-order valence-electron chi connectivity index (χ4n) is 2.09. The number of alkyl halides is 3. The van der Waals surface area contributed by atoms with Gasteiger partial charge in [0.25, 0.3) is 0 Å². The van der Waals surface area contributed by atoms with Crippen molar-refractivity contribution in [1.29, 1.82) is 0 Å². The van der Waals surface area contributed by atoms with Crippen LogP contribution in [0.4, 0.5) is 18.0 Å². The Kier molecular flexibility index (Phi) is 4.12. The summed E-state index contributed by atoms with van der Waals surface area (Å²) < 4.78 is 43.3. The molecule has 122 valence electrons. The van der Waals surface area contributed by atoms with E-state index in [2.05, 4.69) is 5.32 Å². The van der Waals surface area contributed by atoms with Crippen LogP contribution in [-0.2, 0) is 16.5 Å². The molecule has 0 unspecified atom stereocenters. The van der Waals surface area contributed by atoms with E-state index >= 15 is 0 Å². The Morgan fingerprint density at radius 2 is 2.00 bits per heavy atom. The van der Waals surface area contributed by atoms with Gasteiger partial charge in [-0.15, -0.1) is 0 Å². The molecule has 1 aliphatic carbocycles. The number of amides is 1. The first-order valence-electron chi connectivity index (χ1n) is 6.93. The van der Waals surface area contributed by atoms with Crippen LogP contribution >= 0.6 is 0 Å². The summed E-state index contributed by atoms with van der Waals surface area (Å²) in [6, 6.07) is 5.00. The smallest absolute Gasteiger partial charge is 0.416 e. The van der Waals surface area contributed by atoms with E-state index in [-0.39, 0.29) is 6.61 Å². The number of hydrogen-bond acceptors (Lipinski definition) is 3. The molecular formula is C15H19F3N2O2. The van der Waals surface area contributed by atoms with Gasteiger partial charge in [-0.2, -0.15) is 13.2 Å². The van der Waals surface area contributed by atoms with Crippen molar-refractivity contribution in [3.63, 3.8) is 0 Å². The van der Waals surface area contributed by atoms with Crippen molar-refractivity contribution >= 4 is 6.09 Å². The van der Waals surface area contributed by atoms with Crippen molar-refractivity contribution in [2.24, 2.45) is 5.73 Å². The van der Waals surface area contributed by atoms with Gasteiger partial charge < -0.3 is 15.8 Å². The predicted molar refractivity (Wildman–Crippen MR) is 75.1 cm³/mol. The SMILES string of the molecule is CC(C)(N)COC(=O)NC1(c2cccc(C(F)(F)F)c2)CC1. The summed E-state index contributed by atoms with van der Waals surface area (Å²) in [7, 11) is 0. The summed E-state index contributed by atoms with van der Waals surface area (Å²) >= 11 is 0. The maximum absolute atomic E-state index is 12.8. The van der Waals surface area contributed by atoms with Gasteiger partial charge in [0.15, 0.2) is 0 Å². The highest BCUT2D eigenvalue weighted by atomic mass is 19.4. The molecule has 0 spiro atoms. The second kappa shape index (κ2) is 5.46. The van der Waals surface area contributed by atoms with E-state index in [1.165, 1.54) is 6.07 Å². The molecular weight excluding hydrogens is 297 g/mol. The number of carbonyl (C=O) groups excluding carboxylic acids is 1. The van der Waals surface area contributed by atoms with Crippen LogP contribution < -0.4 is 11.1 Å². The molecule has 2 rings (SSSR count). The van der Waals surface area contributed by atoms with Gasteiger partial charge in [0.05, 0.1) is 11.1 Å². The number of halogens is 3. The molecule has 0 aliphatic heterocycles. The Balaban J connectivity index is 2.07. The molecule has 0 bridgehead atoms. The maximum atomic E-state index is 12.8. The Labute approximate surface area is 126 Å². The van der Waals surface area contributed by atoms with Crippen molar-refractivity contribution in [3.05, 3.63) is 35.4 Å². The van der Waals surface area contributed by atoms with Crippen LogP contribution in [0.1, 0.15) is 37.8 Å². The molecule has 0 aromatic heterocycles. The van der Waals surface area contributed by atoms with Gasteiger partial charge in [-0.3, -0.25) is 0 Å². The monoisotopic (exact) mass is 316 g/mol. The number of alkyl carbamates (subject to hydrolysis) is 1. The number of hydrogen-bond donors (Lipinski definition) is 2.